The number of rotatable bonds is 3. The number of aryl methyl sites for hydroxylation is 2. The minimum Gasteiger partial charge on any atom is -0.497 e. The monoisotopic (exact) mass is 457 g/mol. The van der Waals surface area contributed by atoms with Crippen LogP contribution in [0.2, 0.25) is 0 Å². The summed E-state index contributed by atoms with van der Waals surface area (Å²) in [5.74, 6) is 1.07. The van der Waals surface area contributed by atoms with Crippen molar-refractivity contribution in [3.8, 4) is 22.6 Å². The van der Waals surface area contributed by atoms with Gasteiger partial charge in [-0.15, -0.1) is 0 Å². The zero-order chi connectivity index (χ0) is 21.8. The Bertz CT molecular complexity index is 1200. The van der Waals surface area contributed by atoms with Gasteiger partial charge in [0.2, 0.25) is 0 Å². The molecule has 1 amide bonds. The molecule has 0 N–H and O–H groups in total. The summed E-state index contributed by atoms with van der Waals surface area (Å²) >= 11 is 5.68. The van der Waals surface area contributed by atoms with Gasteiger partial charge in [0.05, 0.1) is 30.3 Å². The lowest BCUT2D eigenvalue weighted by Crippen LogP contribution is -2.47. The summed E-state index contributed by atoms with van der Waals surface area (Å²) in [5.41, 5.74) is 5.30. The minimum atomic E-state index is -0.546. The van der Waals surface area contributed by atoms with Crippen molar-refractivity contribution in [2.75, 3.05) is 19.1 Å². The highest BCUT2D eigenvalue weighted by atomic mass is 32.9. The Balaban J connectivity index is 1.98. The third-order valence-electron chi connectivity index (χ3n) is 5.67. The summed E-state index contributed by atoms with van der Waals surface area (Å²) in [6.45, 7) is 8.32. The average molecular weight is 458 g/mol. The fourth-order valence-electron chi connectivity index (χ4n) is 3.91. The molecule has 0 saturated carbocycles. The Morgan fingerprint density at radius 2 is 1.57 bits per heavy atom. The highest BCUT2D eigenvalue weighted by molar-refractivity contribution is 7.80. The molecule has 4 rings (SSSR count). The van der Waals surface area contributed by atoms with Gasteiger partial charge in [-0.25, -0.2) is 0 Å². The van der Waals surface area contributed by atoms with Crippen LogP contribution in [-0.2, 0) is 5.54 Å². The summed E-state index contributed by atoms with van der Waals surface area (Å²) < 4.78 is 11.7. The van der Waals surface area contributed by atoms with E-state index in [9.17, 15) is 4.79 Å². The second kappa shape index (κ2) is 7.48. The highest BCUT2D eigenvalue weighted by Crippen LogP contribution is 2.53. The van der Waals surface area contributed by atoms with Gasteiger partial charge in [0.25, 0.3) is 5.91 Å². The van der Waals surface area contributed by atoms with Gasteiger partial charge in [-0.1, -0.05) is 32.9 Å². The number of amides is 1. The van der Waals surface area contributed by atoms with Crippen LogP contribution in [0.25, 0.3) is 11.1 Å². The van der Waals surface area contributed by atoms with Crippen LogP contribution < -0.4 is 14.4 Å². The van der Waals surface area contributed by atoms with Gasteiger partial charge in [0, 0.05) is 22.8 Å². The molecule has 4 nitrogen and oxygen atoms in total. The van der Waals surface area contributed by atoms with Crippen molar-refractivity contribution in [3.63, 3.8) is 0 Å². The number of fused-ring (bicyclic) bond motifs is 3. The summed E-state index contributed by atoms with van der Waals surface area (Å²) in [4.78, 5) is 16.9. The van der Waals surface area contributed by atoms with Crippen molar-refractivity contribution in [1.82, 2.24) is 0 Å². The number of anilines is 1. The van der Waals surface area contributed by atoms with Gasteiger partial charge in [0.1, 0.15) is 15.3 Å². The number of carbonyl (C=O) groups excluding carboxylic acids is 1. The van der Waals surface area contributed by atoms with Crippen molar-refractivity contribution in [3.05, 3.63) is 55.7 Å². The maximum absolute atomic E-state index is 13.9. The van der Waals surface area contributed by atoms with Gasteiger partial charge in [0.15, 0.2) is 0 Å². The Labute approximate surface area is 189 Å². The molecule has 2 heterocycles. The van der Waals surface area contributed by atoms with Crippen LogP contribution in [0.4, 0.5) is 5.69 Å². The first-order chi connectivity index (χ1) is 14.2. The minimum absolute atomic E-state index is 0.100. The Morgan fingerprint density at radius 3 is 2.17 bits per heavy atom. The molecule has 1 aliphatic rings. The molecular formula is C23H23NO3S3. The zero-order valence-corrected chi connectivity index (χ0v) is 20.2. The normalized spacial score (nSPS) is 14.1. The molecule has 1 aliphatic heterocycles. The number of methoxy groups -OCH3 is 2. The van der Waals surface area contributed by atoms with Crippen molar-refractivity contribution >= 4 is 44.5 Å². The van der Waals surface area contributed by atoms with Crippen molar-refractivity contribution in [2.24, 2.45) is 0 Å². The number of benzene rings is 2. The molecule has 3 aromatic rings. The quantitative estimate of drug-likeness (QED) is 0.323. The summed E-state index contributed by atoms with van der Waals surface area (Å²) in [7, 11) is 6.42. The molecule has 2 aromatic carbocycles. The van der Waals surface area contributed by atoms with E-state index in [4.69, 9.17) is 21.7 Å². The van der Waals surface area contributed by atoms with Gasteiger partial charge in [-0.2, -0.15) is 0 Å². The van der Waals surface area contributed by atoms with Gasteiger partial charge in [-0.3, -0.25) is 9.69 Å². The predicted octanol–water partition coefficient (Wildman–Crippen LogP) is 6.74. The Hall–Kier alpha value is -2.22. The molecule has 156 valence electrons. The molecule has 0 unspecified atom stereocenters. The number of ether oxygens (including phenoxy) is 2. The van der Waals surface area contributed by atoms with Crippen LogP contribution in [0, 0.1) is 17.7 Å². The molecule has 0 fully saturated rings. The first-order valence-corrected chi connectivity index (χ1v) is 12.1. The fourth-order valence-corrected chi connectivity index (χ4v) is 7.19. The lowest BCUT2D eigenvalue weighted by Gasteiger charge is -2.43. The van der Waals surface area contributed by atoms with Gasteiger partial charge >= 0.3 is 0 Å². The molecular weight excluding hydrogens is 434 g/mol. The van der Waals surface area contributed by atoms with Crippen LogP contribution in [0.1, 0.15) is 40.2 Å². The van der Waals surface area contributed by atoms with Gasteiger partial charge in [-0.05, 0) is 63.1 Å². The van der Waals surface area contributed by atoms with Crippen LogP contribution in [0.3, 0.4) is 0 Å². The molecule has 7 heteroatoms. The Morgan fingerprint density at radius 1 is 0.967 bits per heavy atom. The standard InChI is InChI=1S/C23H23NO3S3/c1-12-7-17-18(8-13(12)2)24(23(3,4)20-19(17)22(28)30-29-20)21(25)14-9-15(26-5)11-16(10-14)27-6/h7-11H,1-6H3. The van der Waals surface area contributed by atoms with Gasteiger partial charge < -0.3 is 9.47 Å². The fraction of sp³-hybridized carbons (Fsp3) is 0.304. The highest BCUT2D eigenvalue weighted by Gasteiger charge is 2.43. The van der Waals surface area contributed by atoms with Crippen LogP contribution in [-0.4, -0.2) is 20.1 Å². The smallest absolute Gasteiger partial charge is 0.259 e. The van der Waals surface area contributed by atoms with Crippen molar-refractivity contribution < 1.29 is 14.3 Å². The lowest BCUT2D eigenvalue weighted by molar-refractivity contribution is 0.0961. The lowest BCUT2D eigenvalue weighted by atomic mass is 9.85. The maximum atomic E-state index is 13.9. The average Bonchev–Trinajstić information content (AvgIpc) is 3.11. The SMILES string of the molecule is COc1cc(OC)cc(C(=O)N2c3cc(C)c(C)cc3-c3c(ssc3=S)C2(C)C)c1. The summed E-state index contributed by atoms with van der Waals surface area (Å²) in [6, 6.07) is 9.53. The van der Waals surface area contributed by atoms with E-state index in [-0.39, 0.29) is 5.91 Å². The van der Waals surface area contributed by atoms with E-state index in [1.165, 1.54) is 5.56 Å². The molecule has 0 atom stereocenters. The first-order valence-electron chi connectivity index (χ1n) is 9.52. The van der Waals surface area contributed by atoms with Crippen LogP contribution in [0.15, 0.2) is 30.3 Å². The zero-order valence-electron chi connectivity index (χ0n) is 17.8. The number of carbonyl (C=O) groups is 1. The third kappa shape index (κ3) is 3.16. The third-order valence-corrected chi connectivity index (χ3v) is 9.00. The number of hydrogen-bond acceptors (Lipinski definition) is 6. The molecule has 0 radical (unpaired) electrons. The summed E-state index contributed by atoms with van der Waals surface area (Å²) in [5, 5.41) is 0. The van der Waals surface area contributed by atoms with Crippen molar-refractivity contribution in [2.45, 2.75) is 33.2 Å². The molecule has 0 saturated heterocycles. The second-order valence-corrected chi connectivity index (χ2v) is 10.7. The van der Waals surface area contributed by atoms with Crippen LogP contribution >= 0.6 is 32.9 Å². The van der Waals surface area contributed by atoms with E-state index in [0.717, 1.165) is 31.1 Å². The summed E-state index contributed by atoms with van der Waals surface area (Å²) in [6.07, 6.45) is 0. The topological polar surface area (TPSA) is 38.8 Å². The Kier molecular flexibility index (Phi) is 5.24. The molecule has 0 bridgehead atoms. The van der Waals surface area contributed by atoms with E-state index in [0.29, 0.717) is 17.1 Å². The molecule has 30 heavy (non-hydrogen) atoms. The largest absolute Gasteiger partial charge is 0.497 e. The van der Waals surface area contributed by atoms with E-state index in [1.54, 1.807) is 53.1 Å². The van der Waals surface area contributed by atoms with Crippen LogP contribution in [0.5, 0.6) is 11.5 Å². The number of hydrogen-bond donors (Lipinski definition) is 0. The first kappa shape index (κ1) is 21.0. The van der Waals surface area contributed by atoms with E-state index >= 15 is 0 Å². The van der Waals surface area contributed by atoms with Crippen molar-refractivity contribution in [1.29, 1.82) is 0 Å². The van der Waals surface area contributed by atoms with E-state index in [2.05, 4.69) is 39.8 Å². The number of nitrogens with zero attached hydrogens (tertiary/aromatic N) is 1. The van der Waals surface area contributed by atoms with E-state index in [1.807, 2.05) is 4.90 Å². The predicted molar refractivity (Wildman–Crippen MR) is 127 cm³/mol. The molecule has 1 aromatic heterocycles. The van der Waals surface area contributed by atoms with E-state index < -0.39 is 5.54 Å². The maximum Gasteiger partial charge on any atom is 0.259 e. The second-order valence-electron chi connectivity index (χ2n) is 7.91. The molecule has 0 spiro atoms. The molecule has 0 aliphatic carbocycles.